The first-order valence-electron chi connectivity index (χ1n) is 7.29. The van der Waals surface area contributed by atoms with Gasteiger partial charge in [-0.1, -0.05) is 6.07 Å². The van der Waals surface area contributed by atoms with Gasteiger partial charge < -0.3 is 9.64 Å². The minimum Gasteiger partial charge on any atom is -0.381 e. The molecule has 0 radical (unpaired) electrons. The van der Waals surface area contributed by atoms with Crippen molar-refractivity contribution in [3.05, 3.63) is 23.9 Å². The average molecular weight is 261 g/mol. The van der Waals surface area contributed by atoms with Crippen molar-refractivity contribution in [3.63, 3.8) is 0 Å². The second-order valence-corrected chi connectivity index (χ2v) is 5.66. The van der Waals surface area contributed by atoms with E-state index in [-0.39, 0.29) is 0 Å². The molecule has 0 aliphatic carbocycles. The number of pyridine rings is 1. The lowest BCUT2D eigenvalue weighted by Gasteiger charge is -2.36. The molecule has 1 aromatic heterocycles. The van der Waals surface area contributed by atoms with Gasteiger partial charge in [0.1, 0.15) is 5.82 Å². The molecule has 0 spiro atoms. The van der Waals surface area contributed by atoms with Crippen molar-refractivity contribution < 1.29 is 4.74 Å². The normalized spacial score (nSPS) is 24.9. The van der Waals surface area contributed by atoms with E-state index in [1.54, 1.807) is 0 Å². The number of hydrogen-bond acceptors (Lipinski definition) is 4. The van der Waals surface area contributed by atoms with Crippen LogP contribution in [-0.4, -0.2) is 55.8 Å². The highest BCUT2D eigenvalue weighted by molar-refractivity contribution is 5.46. The Labute approximate surface area is 115 Å². The molecule has 4 nitrogen and oxygen atoms in total. The van der Waals surface area contributed by atoms with Crippen LogP contribution in [0.4, 0.5) is 5.82 Å². The van der Waals surface area contributed by atoms with Crippen LogP contribution in [0.3, 0.4) is 0 Å². The van der Waals surface area contributed by atoms with Crippen LogP contribution in [0.5, 0.6) is 0 Å². The Morgan fingerprint density at radius 2 is 2.16 bits per heavy atom. The van der Waals surface area contributed by atoms with Gasteiger partial charge in [-0.25, -0.2) is 4.98 Å². The maximum Gasteiger partial charge on any atom is 0.131 e. The zero-order valence-electron chi connectivity index (χ0n) is 11.7. The van der Waals surface area contributed by atoms with Gasteiger partial charge in [0.05, 0.1) is 6.61 Å². The summed E-state index contributed by atoms with van der Waals surface area (Å²) in [4.78, 5) is 9.51. The smallest absolute Gasteiger partial charge is 0.131 e. The Bertz CT molecular complexity index is 410. The molecule has 19 heavy (non-hydrogen) atoms. The van der Waals surface area contributed by atoms with Crippen molar-refractivity contribution in [2.24, 2.45) is 5.92 Å². The summed E-state index contributed by atoms with van der Waals surface area (Å²) in [6.45, 7) is 9.73. The van der Waals surface area contributed by atoms with E-state index < -0.39 is 0 Å². The minimum atomic E-state index is 0.753. The summed E-state index contributed by atoms with van der Waals surface area (Å²) in [7, 11) is 0. The topological polar surface area (TPSA) is 28.6 Å². The molecule has 2 aliphatic rings. The molecule has 104 valence electrons. The van der Waals surface area contributed by atoms with Crippen LogP contribution in [0.1, 0.15) is 12.0 Å². The highest BCUT2D eigenvalue weighted by Gasteiger charge is 2.23. The highest BCUT2D eigenvalue weighted by Crippen LogP contribution is 2.19. The van der Waals surface area contributed by atoms with Crippen LogP contribution in [0.15, 0.2) is 18.3 Å². The molecule has 1 unspecified atom stereocenters. The van der Waals surface area contributed by atoms with Gasteiger partial charge >= 0.3 is 0 Å². The number of anilines is 1. The van der Waals surface area contributed by atoms with Crippen LogP contribution in [0.2, 0.25) is 0 Å². The number of aromatic nitrogens is 1. The zero-order chi connectivity index (χ0) is 13.1. The van der Waals surface area contributed by atoms with Crippen LogP contribution >= 0.6 is 0 Å². The van der Waals surface area contributed by atoms with Crippen LogP contribution < -0.4 is 4.90 Å². The second-order valence-electron chi connectivity index (χ2n) is 5.66. The number of ether oxygens (including phenoxy) is 1. The van der Waals surface area contributed by atoms with Crippen molar-refractivity contribution in [3.8, 4) is 0 Å². The van der Waals surface area contributed by atoms with Crippen LogP contribution in [-0.2, 0) is 4.74 Å². The molecule has 3 rings (SSSR count). The van der Waals surface area contributed by atoms with Crippen molar-refractivity contribution in [2.75, 3.05) is 50.8 Å². The lowest BCUT2D eigenvalue weighted by Crippen LogP contribution is -2.48. The molecule has 2 aliphatic heterocycles. The van der Waals surface area contributed by atoms with Crippen molar-refractivity contribution >= 4 is 5.82 Å². The first-order chi connectivity index (χ1) is 9.33. The minimum absolute atomic E-state index is 0.753. The fraction of sp³-hybridized carbons (Fsp3) is 0.667. The van der Waals surface area contributed by atoms with Crippen LogP contribution in [0.25, 0.3) is 0 Å². The quantitative estimate of drug-likeness (QED) is 0.825. The summed E-state index contributed by atoms with van der Waals surface area (Å²) in [6.07, 6.45) is 3.13. The standard InChI is InChI=1S/C15H23N3O/c1-13-3-2-5-16-15(13)18-8-6-17(7-9-18)11-14-4-10-19-12-14/h2-3,5,14H,4,6-12H2,1H3. The lowest BCUT2D eigenvalue weighted by molar-refractivity contribution is 0.164. The fourth-order valence-corrected chi connectivity index (χ4v) is 3.04. The summed E-state index contributed by atoms with van der Waals surface area (Å²) < 4.78 is 5.46. The SMILES string of the molecule is Cc1cccnc1N1CCN(CC2CCOC2)CC1. The summed E-state index contributed by atoms with van der Waals surface area (Å²) in [5, 5.41) is 0. The lowest BCUT2D eigenvalue weighted by atomic mass is 10.1. The van der Waals surface area contributed by atoms with Crippen molar-refractivity contribution in [1.29, 1.82) is 0 Å². The maximum absolute atomic E-state index is 5.46. The Morgan fingerprint density at radius 3 is 2.84 bits per heavy atom. The summed E-state index contributed by atoms with van der Waals surface area (Å²) >= 11 is 0. The van der Waals surface area contributed by atoms with Gasteiger partial charge in [-0.05, 0) is 30.9 Å². The molecule has 0 bridgehead atoms. The number of rotatable bonds is 3. The van der Waals surface area contributed by atoms with E-state index in [9.17, 15) is 0 Å². The average Bonchev–Trinajstić information content (AvgIpc) is 2.93. The van der Waals surface area contributed by atoms with E-state index in [1.165, 1.54) is 18.5 Å². The number of nitrogens with zero attached hydrogens (tertiary/aromatic N) is 3. The van der Waals surface area contributed by atoms with Gasteiger partial charge in [-0.3, -0.25) is 4.90 Å². The van der Waals surface area contributed by atoms with Crippen molar-refractivity contribution in [1.82, 2.24) is 9.88 Å². The predicted octanol–water partition coefficient (Wildman–Crippen LogP) is 1.55. The van der Waals surface area contributed by atoms with Gasteiger partial charge in [0.25, 0.3) is 0 Å². The molecular formula is C15H23N3O. The molecule has 0 saturated carbocycles. The Hall–Kier alpha value is -1.13. The number of aryl methyl sites for hydroxylation is 1. The van der Waals surface area contributed by atoms with E-state index in [4.69, 9.17) is 4.74 Å². The van der Waals surface area contributed by atoms with E-state index in [0.29, 0.717) is 0 Å². The van der Waals surface area contributed by atoms with Crippen LogP contribution in [0, 0.1) is 12.8 Å². The van der Waals surface area contributed by atoms with Gasteiger partial charge in [0, 0.05) is 45.5 Å². The Morgan fingerprint density at radius 1 is 1.32 bits per heavy atom. The molecule has 2 saturated heterocycles. The first-order valence-corrected chi connectivity index (χ1v) is 7.29. The molecule has 0 amide bonds. The third kappa shape index (κ3) is 3.07. The van der Waals surface area contributed by atoms with Crippen molar-refractivity contribution in [2.45, 2.75) is 13.3 Å². The van der Waals surface area contributed by atoms with E-state index in [0.717, 1.165) is 51.1 Å². The first kappa shape index (κ1) is 12.9. The molecule has 2 fully saturated rings. The number of hydrogen-bond donors (Lipinski definition) is 0. The van der Waals surface area contributed by atoms with Gasteiger partial charge in [0.15, 0.2) is 0 Å². The van der Waals surface area contributed by atoms with Gasteiger partial charge in [-0.2, -0.15) is 0 Å². The second kappa shape index (κ2) is 5.88. The predicted molar refractivity (Wildman–Crippen MR) is 76.6 cm³/mol. The van der Waals surface area contributed by atoms with E-state index in [2.05, 4.69) is 27.8 Å². The molecule has 1 aromatic rings. The molecule has 3 heterocycles. The molecule has 0 N–H and O–H groups in total. The van der Waals surface area contributed by atoms with Gasteiger partial charge in [0.2, 0.25) is 0 Å². The zero-order valence-corrected chi connectivity index (χ0v) is 11.7. The van der Waals surface area contributed by atoms with E-state index in [1.807, 2.05) is 12.3 Å². The Kier molecular flexibility index (Phi) is 3.99. The summed E-state index contributed by atoms with van der Waals surface area (Å²) in [5.41, 5.74) is 1.28. The fourth-order valence-electron chi connectivity index (χ4n) is 3.04. The summed E-state index contributed by atoms with van der Waals surface area (Å²) in [5.74, 6) is 1.91. The molecule has 1 atom stereocenters. The monoisotopic (exact) mass is 261 g/mol. The molecule has 0 aromatic carbocycles. The molecular weight excluding hydrogens is 238 g/mol. The maximum atomic E-state index is 5.46. The number of piperazine rings is 1. The van der Waals surface area contributed by atoms with E-state index >= 15 is 0 Å². The summed E-state index contributed by atoms with van der Waals surface area (Å²) in [6, 6.07) is 4.15. The third-order valence-electron chi connectivity index (χ3n) is 4.19. The highest BCUT2D eigenvalue weighted by atomic mass is 16.5. The van der Waals surface area contributed by atoms with Gasteiger partial charge in [-0.15, -0.1) is 0 Å². The Balaban J connectivity index is 1.53. The largest absolute Gasteiger partial charge is 0.381 e. The third-order valence-corrected chi connectivity index (χ3v) is 4.19. The molecule has 4 heteroatoms.